The number of hydrogen-bond donors (Lipinski definition) is 0. The summed E-state index contributed by atoms with van der Waals surface area (Å²) in [5.41, 5.74) is 2.91. The van der Waals surface area contributed by atoms with Crippen molar-refractivity contribution in [2.45, 2.75) is 31.7 Å². The van der Waals surface area contributed by atoms with Crippen LogP contribution in [-0.2, 0) is 4.74 Å². The van der Waals surface area contributed by atoms with Crippen molar-refractivity contribution in [2.24, 2.45) is 0 Å². The molecule has 0 saturated heterocycles. The number of rotatable bonds is 8. The van der Waals surface area contributed by atoms with Crippen LogP contribution in [0.1, 0.15) is 34.7 Å². The average molecular weight is 347 g/mol. The summed E-state index contributed by atoms with van der Waals surface area (Å²) in [6.07, 6.45) is 0. The Kier molecular flexibility index (Phi) is 6.52. The number of aromatic nitrogens is 1. The van der Waals surface area contributed by atoms with Crippen molar-refractivity contribution < 1.29 is 14.3 Å². The fraction of sp³-hybridized carbons (Fsp3) is 0.421. The summed E-state index contributed by atoms with van der Waals surface area (Å²) in [5.74, 6) is 1.40. The smallest absolute Gasteiger partial charge is 0.174 e. The summed E-state index contributed by atoms with van der Waals surface area (Å²) in [7, 11) is 3.34. The van der Waals surface area contributed by atoms with Gasteiger partial charge in [-0.1, -0.05) is 0 Å². The van der Waals surface area contributed by atoms with Crippen molar-refractivity contribution in [3.05, 3.63) is 47.3 Å². The van der Waals surface area contributed by atoms with Gasteiger partial charge in [-0.05, 0) is 51.1 Å². The summed E-state index contributed by atoms with van der Waals surface area (Å²) < 4.78 is 12.6. The topological polar surface area (TPSA) is 40.5 Å². The molecule has 4 nitrogen and oxygen atoms in total. The molecule has 0 saturated carbocycles. The van der Waals surface area contributed by atoms with Gasteiger partial charge >= 0.3 is 0 Å². The Labute approximate surface area is 148 Å². The zero-order valence-electron chi connectivity index (χ0n) is 15.0. The second-order valence-corrected chi connectivity index (χ2v) is 6.90. The second-order valence-electron chi connectivity index (χ2n) is 5.85. The first-order valence-corrected chi connectivity index (χ1v) is 8.94. The van der Waals surface area contributed by atoms with E-state index in [1.54, 1.807) is 26.0 Å². The molecule has 0 radical (unpaired) electrons. The molecule has 1 aromatic carbocycles. The fourth-order valence-electron chi connectivity index (χ4n) is 2.95. The maximum Gasteiger partial charge on any atom is 0.174 e. The number of benzene rings is 1. The van der Waals surface area contributed by atoms with Gasteiger partial charge in [-0.15, -0.1) is 11.8 Å². The van der Waals surface area contributed by atoms with Crippen LogP contribution in [-0.4, -0.2) is 36.9 Å². The van der Waals surface area contributed by atoms with E-state index in [-0.39, 0.29) is 11.8 Å². The first kappa shape index (κ1) is 18.6. The van der Waals surface area contributed by atoms with Crippen molar-refractivity contribution in [1.82, 2.24) is 4.57 Å². The Hall–Kier alpha value is -1.72. The van der Waals surface area contributed by atoms with E-state index < -0.39 is 0 Å². The predicted octanol–water partition coefficient (Wildman–Crippen LogP) is 4.30. The van der Waals surface area contributed by atoms with Crippen LogP contribution in [0.3, 0.4) is 0 Å². The van der Waals surface area contributed by atoms with Crippen LogP contribution in [0.4, 0.5) is 0 Å². The molecule has 2 aromatic rings. The molecule has 0 N–H and O–H groups in total. The summed E-state index contributed by atoms with van der Waals surface area (Å²) in [6, 6.07) is 9.96. The minimum Gasteiger partial charge on any atom is -0.497 e. The molecular weight excluding hydrogens is 322 g/mol. The van der Waals surface area contributed by atoms with E-state index in [0.717, 1.165) is 27.6 Å². The van der Waals surface area contributed by atoms with Gasteiger partial charge in [0, 0.05) is 29.0 Å². The molecule has 1 heterocycles. The van der Waals surface area contributed by atoms with Gasteiger partial charge in [0.25, 0.3) is 0 Å². The highest BCUT2D eigenvalue weighted by atomic mass is 32.2. The zero-order chi connectivity index (χ0) is 17.7. The maximum atomic E-state index is 12.6. The summed E-state index contributed by atoms with van der Waals surface area (Å²) in [6.45, 7) is 6.77. The number of carbonyl (C=O) groups excluding carboxylic acids is 1. The zero-order valence-corrected chi connectivity index (χ0v) is 15.8. The summed E-state index contributed by atoms with van der Waals surface area (Å²) in [4.78, 5) is 13.7. The molecule has 2 rings (SSSR count). The third-order valence-electron chi connectivity index (χ3n) is 4.06. The van der Waals surface area contributed by atoms with Crippen molar-refractivity contribution in [1.29, 1.82) is 0 Å². The van der Waals surface area contributed by atoms with Crippen LogP contribution < -0.4 is 4.74 Å². The Bertz CT molecular complexity index is 691. The van der Waals surface area contributed by atoms with Crippen LogP contribution in [0.2, 0.25) is 0 Å². The lowest BCUT2D eigenvalue weighted by molar-refractivity contribution is 0.102. The maximum absolute atomic E-state index is 12.6. The Morgan fingerprint density at radius 3 is 2.46 bits per heavy atom. The molecule has 0 aliphatic carbocycles. The first-order valence-electron chi connectivity index (χ1n) is 7.95. The Morgan fingerprint density at radius 1 is 1.21 bits per heavy atom. The molecule has 1 atom stereocenters. The number of Topliss-reactive ketones (excluding diaryl/α,β-unsaturated/α-hetero) is 1. The van der Waals surface area contributed by atoms with Gasteiger partial charge in [0.15, 0.2) is 5.78 Å². The van der Waals surface area contributed by atoms with E-state index in [0.29, 0.717) is 12.4 Å². The molecule has 0 fully saturated rings. The minimum atomic E-state index is 0.153. The normalized spacial score (nSPS) is 12.2. The van der Waals surface area contributed by atoms with Crippen molar-refractivity contribution in [2.75, 3.05) is 26.6 Å². The number of ether oxygens (including phenoxy) is 2. The average Bonchev–Trinajstić information content (AvgIpc) is 2.88. The summed E-state index contributed by atoms with van der Waals surface area (Å²) >= 11 is 1.55. The first-order chi connectivity index (χ1) is 11.5. The number of nitrogens with zero attached hydrogens (tertiary/aromatic N) is 1. The third-order valence-corrected chi connectivity index (χ3v) is 5.07. The number of aryl methyl sites for hydroxylation is 1. The number of ketones is 1. The van der Waals surface area contributed by atoms with Crippen LogP contribution in [0.25, 0.3) is 0 Å². The molecule has 24 heavy (non-hydrogen) atoms. The molecule has 0 spiro atoms. The molecule has 0 aliphatic rings. The number of carbonyl (C=O) groups is 1. The van der Waals surface area contributed by atoms with E-state index >= 15 is 0 Å². The number of thioether (sulfide) groups is 1. The molecule has 130 valence electrons. The highest BCUT2D eigenvalue weighted by Gasteiger charge is 2.18. The van der Waals surface area contributed by atoms with Gasteiger partial charge in [0.2, 0.25) is 0 Å². The van der Waals surface area contributed by atoms with Gasteiger partial charge < -0.3 is 14.0 Å². The van der Waals surface area contributed by atoms with Crippen LogP contribution >= 0.6 is 11.8 Å². The predicted molar refractivity (Wildman–Crippen MR) is 98.5 cm³/mol. The molecule has 0 aliphatic heterocycles. The highest BCUT2D eigenvalue weighted by Crippen LogP contribution is 2.25. The fourth-order valence-corrected chi connectivity index (χ4v) is 3.73. The van der Waals surface area contributed by atoms with Gasteiger partial charge in [-0.2, -0.15) is 0 Å². The third kappa shape index (κ3) is 4.22. The van der Waals surface area contributed by atoms with E-state index in [2.05, 4.69) is 11.5 Å². The highest BCUT2D eigenvalue weighted by molar-refractivity contribution is 8.00. The second kappa shape index (κ2) is 8.40. The molecule has 0 amide bonds. The quantitative estimate of drug-likeness (QED) is 0.527. The van der Waals surface area contributed by atoms with Gasteiger partial charge in [-0.3, -0.25) is 4.79 Å². The lowest BCUT2D eigenvalue weighted by atomic mass is 10.2. The SMILES string of the molecule is COCC(C)n1c(C)cc(C(=O)CSc2ccc(OC)cc2)c1C. The van der Waals surface area contributed by atoms with Gasteiger partial charge in [0.1, 0.15) is 5.75 Å². The molecular formula is C19H25NO3S. The van der Waals surface area contributed by atoms with E-state index in [4.69, 9.17) is 9.47 Å². The molecule has 1 unspecified atom stereocenters. The number of methoxy groups -OCH3 is 2. The Balaban J connectivity index is 2.08. The monoisotopic (exact) mass is 347 g/mol. The van der Waals surface area contributed by atoms with Gasteiger partial charge in [0.05, 0.1) is 25.5 Å². The minimum absolute atomic E-state index is 0.153. The van der Waals surface area contributed by atoms with Crippen molar-refractivity contribution in [3.63, 3.8) is 0 Å². The molecule has 0 bridgehead atoms. The van der Waals surface area contributed by atoms with Crippen LogP contribution in [0, 0.1) is 13.8 Å². The van der Waals surface area contributed by atoms with E-state index in [9.17, 15) is 4.79 Å². The largest absolute Gasteiger partial charge is 0.497 e. The molecule has 1 aromatic heterocycles. The Morgan fingerprint density at radius 2 is 1.88 bits per heavy atom. The molecule has 5 heteroatoms. The van der Waals surface area contributed by atoms with Crippen LogP contribution in [0.5, 0.6) is 5.75 Å². The van der Waals surface area contributed by atoms with Crippen molar-refractivity contribution in [3.8, 4) is 5.75 Å². The van der Waals surface area contributed by atoms with E-state index in [1.165, 1.54) is 0 Å². The standard InChI is InChI=1S/C19H25NO3S/c1-13-10-18(15(3)20(13)14(2)11-22-4)19(21)12-24-17-8-6-16(23-5)7-9-17/h6-10,14H,11-12H2,1-5H3. The van der Waals surface area contributed by atoms with Crippen molar-refractivity contribution >= 4 is 17.5 Å². The lowest BCUT2D eigenvalue weighted by Gasteiger charge is -2.17. The van der Waals surface area contributed by atoms with Crippen LogP contribution in [0.15, 0.2) is 35.2 Å². The lowest BCUT2D eigenvalue weighted by Crippen LogP contribution is -2.14. The number of hydrogen-bond acceptors (Lipinski definition) is 4. The van der Waals surface area contributed by atoms with Gasteiger partial charge in [-0.25, -0.2) is 0 Å². The van der Waals surface area contributed by atoms with E-state index in [1.807, 2.05) is 44.2 Å². The summed E-state index contributed by atoms with van der Waals surface area (Å²) in [5, 5.41) is 0.